The van der Waals surface area contributed by atoms with Crippen molar-refractivity contribution in [2.24, 2.45) is 5.92 Å². The Hall–Kier alpha value is -2.34. The van der Waals surface area contributed by atoms with Crippen LogP contribution in [0.25, 0.3) is 16.7 Å². The van der Waals surface area contributed by atoms with E-state index in [0.717, 1.165) is 12.8 Å². The number of fused-ring (bicyclic) bond motifs is 2. The van der Waals surface area contributed by atoms with Gasteiger partial charge < -0.3 is 0 Å². The van der Waals surface area contributed by atoms with E-state index in [-0.39, 0.29) is 0 Å². The van der Waals surface area contributed by atoms with Crippen LogP contribution in [0.5, 0.6) is 0 Å². The van der Waals surface area contributed by atoms with Gasteiger partial charge in [-0.2, -0.15) is 0 Å². The van der Waals surface area contributed by atoms with E-state index in [0.29, 0.717) is 5.92 Å². The monoisotopic (exact) mass is 298 g/mol. The zero-order chi connectivity index (χ0) is 15.8. The van der Waals surface area contributed by atoms with Gasteiger partial charge in [0.25, 0.3) is 0 Å². The van der Waals surface area contributed by atoms with Gasteiger partial charge >= 0.3 is 0 Å². The average molecular weight is 298 g/mol. The van der Waals surface area contributed by atoms with Crippen LogP contribution in [0, 0.1) is 5.92 Å². The molecule has 0 saturated carbocycles. The maximum Gasteiger partial charge on any atom is 0.00920 e. The molecule has 0 spiro atoms. The summed E-state index contributed by atoms with van der Waals surface area (Å²) in [6, 6.07) is 6.77. The van der Waals surface area contributed by atoms with Crippen molar-refractivity contribution < 1.29 is 0 Å². The molecular formula is C23H22. The first-order valence-electron chi connectivity index (χ1n) is 8.49. The summed E-state index contributed by atoms with van der Waals surface area (Å²) in [4.78, 5) is 0. The van der Waals surface area contributed by atoms with Crippen molar-refractivity contribution in [1.29, 1.82) is 0 Å². The van der Waals surface area contributed by atoms with Gasteiger partial charge in [-0.3, -0.25) is 0 Å². The molecule has 0 heteroatoms. The number of allylic oxidation sites excluding steroid dienone is 10. The van der Waals surface area contributed by atoms with Crippen LogP contribution < -0.4 is 10.4 Å². The lowest BCUT2D eigenvalue weighted by Crippen LogP contribution is -2.38. The highest BCUT2D eigenvalue weighted by atomic mass is 14.3. The highest BCUT2D eigenvalue weighted by Crippen LogP contribution is 2.34. The summed E-state index contributed by atoms with van der Waals surface area (Å²) in [6.45, 7) is 4.60. The molecule has 0 amide bonds. The van der Waals surface area contributed by atoms with Gasteiger partial charge in [0.05, 0.1) is 0 Å². The van der Waals surface area contributed by atoms with Crippen LogP contribution >= 0.6 is 0 Å². The van der Waals surface area contributed by atoms with Gasteiger partial charge in [0, 0.05) is 5.92 Å². The molecule has 0 saturated heterocycles. The maximum absolute atomic E-state index is 2.31. The first kappa shape index (κ1) is 14.3. The molecule has 0 bridgehead atoms. The van der Waals surface area contributed by atoms with E-state index in [1.807, 2.05) is 0 Å². The van der Waals surface area contributed by atoms with E-state index in [2.05, 4.69) is 80.7 Å². The summed E-state index contributed by atoms with van der Waals surface area (Å²) in [5.74, 6) is 0.557. The Labute approximate surface area is 138 Å². The van der Waals surface area contributed by atoms with Crippen molar-refractivity contribution in [3.63, 3.8) is 0 Å². The zero-order valence-electron chi connectivity index (χ0n) is 13.8. The fraction of sp³-hybridized carbons (Fsp3) is 0.217. The zero-order valence-corrected chi connectivity index (χ0v) is 13.8. The average Bonchev–Trinajstić information content (AvgIpc) is 2.88. The van der Waals surface area contributed by atoms with Gasteiger partial charge in [0.1, 0.15) is 0 Å². The van der Waals surface area contributed by atoms with Crippen LogP contribution in [0.1, 0.15) is 32.3 Å². The molecule has 0 aliphatic heterocycles. The molecule has 3 aliphatic carbocycles. The van der Waals surface area contributed by atoms with Crippen molar-refractivity contribution in [2.45, 2.75) is 26.7 Å². The molecule has 4 rings (SSSR count). The molecule has 1 atom stereocenters. The van der Waals surface area contributed by atoms with Crippen molar-refractivity contribution in [2.75, 3.05) is 0 Å². The fourth-order valence-corrected chi connectivity index (χ4v) is 4.04. The molecule has 1 aromatic carbocycles. The van der Waals surface area contributed by atoms with Gasteiger partial charge in [-0.15, -0.1) is 0 Å². The summed E-state index contributed by atoms with van der Waals surface area (Å²) >= 11 is 0. The van der Waals surface area contributed by atoms with Gasteiger partial charge in [0.2, 0.25) is 0 Å². The Morgan fingerprint density at radius 3 is 2.74 bits per heavy atom. The third kappa shape index (κ3) is 2.30. The van der Waals surface area contributed by atoms with Crippen LogP contribution in [0.15, 0.2) is 72.4 Å². The molecule has 114 valence electrons. The van der Waals surface area contributed by atoms with E-state index in [1.165, 1.54) is 38.3 Å². The van der Waals surface area contributed by atoms with Crippen LogP contribution in [0.2, 0.25) is 0 Å². The van der Waals surface area contributed by atoms with Crippen molar-refractivity contribution in [1.82, 2.24) is 0 Å². The molecule has 0 radical (unpaired) electrons. The van der Waals surface area contributed by atoms with Gasteiger partial charge in [-0.05, 0) is 59.4 Å². The molecule has 0 aromatic heterocycles. The first-order chi connectivity index (χ1) is 11.3. The van der Waals surface area contributed by atoms with E-state index >= 15 is 0 Å². The molecule has 23 heavy (non-hydrogen) atoms. The molecule has 3 aliphatic rings. The predicted octanol–water partition coefficient (Wildman–Crippen LogP) is 4.44. The maximum atomic E-state index is 2.31. The minimum Gasteiger partial charge on any atom is -0.0836 e. The lowest BCUT2D eigenvalue weighted by Gasteiger charge is -2.28. The summed E-state index contributed by atoms with van der Waals surface area (Å²) in [5, 5.41) is 2.86. The lowest BCUT2D eigenvalue weighted by atomic mass is 9.76. The van der Waals surface area contributed by atoms with Gasteiger partial charge in [-0.25, -0.2) is 0 Å². The van der Waals surface area contributed by atoms with Gasteiger partial charge in [0.15, 0.2) is 0 Å². The second-order valence-electron chi connectivity index (χ2n) is 6.56. The molecule has 0 fully saturated rings. The summed E-state index contributed by atoms with van der Waals surface area (Å²) in [6.07, 6.45) is 20.1. The number of benzene rings is 1. The van der Waals surface area contributed by atoms with Crippen molar-refractivity contribution in [3.8, 4) is 0 Å². The van der Waals surface area contributed by atoms with Gasteiger partial charge in [-0.1, -0.05) is 72.4 Å². The topological polar surface area (TPSA) is 0 Å². The quantitative estimate of drug-likeness (QED) is 0.719. The second kappa shape index (κ2) is 5.70. The summed E-state index contributed by atoms with van der Waals surface area (Å²) in [7, 11) is 0. The summed E-state index contributed by atoms with van der Waals surface area (Å²) < 4.78 is 0. The SMILES string of the molecule is CC1=c2cccc(C3=CC=CCC=C3)c2=C(C)C2=CC=CCC21. The third-order valence-electron chi connectivity index (χ3n) is 5.27. The van der Waals surface area contributed by atoms with E-state index in [9.17, 15) is 0 Å². The molecule has 1 unspecified atom stereocenters. The highest BCUT2D eigenvalue weighted by molar-refractivity contribution is 5.82. The molecule has 1 aromatic rings. The van der Waals surface area contributed by atoms with Crippen LogP contribution in [-0.4, -0.2) is 0 Å². The Balaban J connectivity index is 2.08. The first-order valence-corrected chi connectivity index (χ1v) is 8.49. The highest BCUT2D eigenvalue weighted by Gasteiger charge is 2.24. The Morgan fingerprint density at radius 1 is 0.957 bits per heavy atom. The third-order valence-corrected chi connectivity index (χ3v) is 5.27. The van der Waals surface area contributed by atoms with E-state index < -0.39 is 0 Å². The lowest BCUT2D eigenvalue weighted by molar-refractivity contribution is 0.788. The fourth-order valence-electron chi connectivity index (χ4n) is 4.04. The van der Waals surface area contributed by atoms with E-state index in [4.69, 9.17) is 0 Å². The minimum absolute atomic E-state index is 0.557. The number of hydrogen-bond donors (Lipinski definition) is 0. The Morgan fingerprint density at radius 2 is 1.83 bits per heavy atom. The number of hydrogen-bond acceptors (Lipinski definition) is 0. The predicted molar refractivity (Wildman–Crippen MR) is 100 cm³/mol. The molecule has 0 N–H and O–H groups in total. The largest absolute Gasteiger partial charge is 0.0836 e. The van der Waals surface area contributed by atoms with Crippen LogP contribution in [0.3, 0.4) is 0 Å². The Kier molecular flexibility index (Phi) is 3.53. The Bertz CT molecular complexity index is 927. The molecular weight excluding hydrogens is 276 g/mol. The standard InChI is InChI=1S/C23H22/c1-16-19-12-7-8-13-20(19)17(2)23-21(16)14-9-15-22(23)18-10-5-3-4-6-11-18/h3,5-11,13-15,19H,4,12H2,1-2H3. The van der Waals surface area contributed by atoms with Crippen LogP contribution in [0.4, 0.5) is 0 Å². The normalized spacial score (nSPS) is 22.3. The minimum atomic E-state index is 0.557. The van der Waals surface area contributed by atoms with Crippen molar-refractivity contribution >= 4 is 16.7 Å². The summed E-state index contributed by atoms with van der Waals surface area (Å²) in [5.41, 5.74) is 7.12. The van der Waals surface area contributed by atoms with E-state index in [1.54, 1.807) is 0 Å². The van der Waals surface area contributed by atoms with Crippen LogP contribution in [-0.2, 0) is 0 Å². The second-order valence-corrected chi connectivity index (χ2v) is 6.56. The number of rotatable bonds is 1. The smallest absolute Gasteiger partial charge is 0.00920 e. The van der Waals surface area contributed by atoms with Crippen molar-refractivity contribution in [3.05, 3.63) is 88.4 Å². The molecule has 0 nitrogen and oxygen atoms in total. The molecule has 0 heterocycles.